The third-order valence-electron chi connectivity index (χ3n) is 11.1. The maximum absolute atomic E-state index is 13.4. The minimum atomic E-state index is -1.07. The fourth-order valence-electron chi connectivity index (χ4n) is 8.04. The monoisotopic (exact) mass is 786 g/mol. The summed E-state index contributed by atoms with van der Waals surface area (Å²) in [4.78, 5) is 97.8. The maximum atomic E-state index is 13.4. The van der Waals surface area contributed by atoms with Crippen LogP contribution in [0.15, 0.2) is 72.9 Å². The van der Waals surface area contributed by atoms with E-state index >= 15 is 0 Å². The molecule has 0 radical (unpaired) electrons. The molecule has 300 valence electrons. The van der Waals surface area contributed by atoms with Crippen molar-refractivity contribution in [1.29, 1.82) is 0 Å². The smallest absolute Gasteiger partial charge is 0.317 e. The average molecular weight is 787 g/mol. The first kappa shape index (κ1) is 39.6. The van der Waals surface area contributed by atoms with Gasteiger partial charge in [-0.25, -0.2) is 4.79 Å². The molecular weight excluding hydrogens is 741 g/mol. The minimum absolute atomic E-state index is 0.0271. The molecular formula is C43H46N8O7. The van der Waals surface area contributed by atoms with Crippen molar-refractivity contribution in [3.8, 4) is 0 Å². The van der Waals surface area contributed by atoms with Gasteiger partial charge in [-0.15, -0.1) is 0 Å². The lowest BCUT2D eigenvalue weighted by Gasteiger charge is -2.32. The van der Waals surface area contributed by atoms with Crippen molar-refractivity contribution in [2.45, 2.75) is 63.3 Å². The number of likely N-dealkylation sites (tertiary alicyclic amines) is 1. The molecule has 58 heavy (non-hydrogen) atoms. The Balaban J connectivity index is 0.844. The molecule has 0 spiro atoms. The van der Waals surface area contributed by atoms with Crippen LogP contribution in [0.5, 0.6) is 0 Å². The van der Waals surface area contributed by atoms with Gasteiger partial charge in [-0.2, -0.15) is 0 Å². The molecule has 7 rings (SSSR count). The van der Waals surface area contributed by atoms with Gasteiger partial charge in [0.1, 0.15) is 6.04 Å². The van der Waals surface area contributed by atoms with Crippen LogP contribution < -0.4 is 26.6 Å². The van der Waals surface area contributed by atoms with E-state index in [-0.39, 0.29) is 48.2 Å². The second kappa shape index (κ2) is 17.2. The number of primary amides is 1. The highest BCUT2D eigenvalue weighted by Gasteiger charge is 2.46. The van der Waals surface area contributed by atoms with Gasteiger partial charge in [0, 0.05) is 56.8 Å². The van der Waals surface area contributed by atoms with E-state index in [4.69, 9.17) is 5.73 Å². The summed E-state index contributed by atoms with van der Waals surface area (Å²) in [5.41, 5.74) is 10.1. The summed E-state index contributed by atoms with van der Waals surface area (Å²) in [5, 5.41) is 9.38. The number of rotatable bonds is 14. The van der Waals surface area contributed by atoms with Crippen LogP contribution >= 0.6 is 0 Å². The molecule has 3 aromatic carbocycles. The number of anilines is 3. The lowest BCUT2D eigenvalue weighted by atomic mass is 9.88. The van der Waals surface area contributed by atoms with Crippen molar-refractivity contribution >= 4 is 69.3 Å². The van der Waals surface area contributed by atoms with E-state index in [2.05, 4.69) is 33.1 Å². The van der Waals surface area contributed by atoms with Crippen LogP contribution in [0.1, 0.15) is 93.9 Å². The van der Waals surface area contributed by atoms with Gasteiger partial charge < -0.3 is 26.2 Å². The number of Topliss-reactive ketones (excluding diaryl/α,β-unsaturated/α-hetero) is 1. The van der Waals surface area contributed by atoms with Gasteiger partial charge in [0.25, 0.3) is 17.7 Å². The van der Waals surface area contributed by atoms with Gasteiger partial charge in [-0.3, -0.25) is 44.0 Å². The Labute approximate surface area is 335 Å². The SMILES string of the molecule is CN(CC(=O)CCCCCNC(=O)N1CCC(c2ccc3ncc(C(N)=O)c(Nc4ccccc4)c3c2)CC1)c1cccc2c1C(=O)N(C1CCC(=O)NC1=O)C2=O. The molecule has 1 unspecified atom stereocenters. The summed E-state index contributed by atoms with van der Waals surface area (Å²) in [5.74, 6) is -2.71. The lowest BCUT2D eigenvalue weighted by Crippen LogP contribution is -2.54. The number of para-hydroxylation sites is 1. The quantitative estimate of drug-likeness (QED) is 0.103. The molecule has 15 nitrogen and oxygen atoms in total. The van der Waals surface area contributed by atoms with E-state index in [9.17, 15) is 33.6 Å². The number of nitrogens with two attached hydrogens (primary N) is 1. The zero-order valence-corrected chi connectivity index (χ0v) is 32.3. The van der Waals surface area contributed by atoms with Crippen LogP contribution in [-0.4, -0.2) is 95.4 Å². The van der Waals surface area contributed by atoms with Crippen LogP contribution in [0.25, 0.3) is 10.9 Å². The summed E-state index contributed by atoms with van der Waals surface area (Å²) < 4.78 is 0. The van der Waals surface area contributed by atoms with Crippen LogP contribution in [-0.2, 0) is 14.4 Å². The molecule has 1 aromatic heterocycles. The number of pyridine rings is 1. The van der Waals surface area contributed by atoms with E-state index in [1.807, 2.05) is 41.3 Å². The van der Waals surface area contributed by atoms with E-state index in [1.54, 1.807) is 24.1 Å². The van der Waals surface area contributed by atoms with E-state index in [1.165, 1.54) is 12.3 Å². The van der Waals surface area contributed by atoms with Gasteiger partial charge in [0.15, 0.2) is 5.78 Å². The molecule has 2 saturated heterocycles. The summed E-state index contributed by atoms with van der Waals surface area (Å²) in [7, 11) is 1.68. The number of amides is 7. The number of piperidine rings is 2. The first-order valence-electron chi connectivity index (χ1n) is 19.6. The minimum Gasteiger partial charge on any atom is -0.367 e. The largest absolute Gasteiger partial charge is 0.367 e. The van der Waals surface area contributed by atoms with E-state index < -0.39 is 35.6 Å². The average Bonchev–Trinajstić information content (AvgIpc) is 3.47. The topological polar surface area (TPSA) is 204 Å². The highest BCUT2D eigenvalue weighted by atomic mass is 16.2. The van der Waals surface area contributed by atoms with Crippen molar-refractivity contribution in [1.82, 2.24) is 25.4 Å². The molecule has 7 amide bonds. The molecule has 3 aliphatic heterocycles. The number of carbonyl (C=O) groups excluding carboxylic acids is 7. The molecule has 3 aliphatic rings. The molecule has 2 fully saturated rings. The summed E-state index contributed by atoms with van der Waals surface area (Å²) in [6, 6.07) is 19.3. The number of aromatic nitrogens is 1. The Hall–Kier alpha value is -6.64. The van der Waals surface area contributed by atoms with Crippen molar-refractivity contribution in [3.63, 3.8) is 0 Å². The summed E-state index contributed by atoms with van der Waals surface area (Å²) >= 11 is 0. The number of likely N-dealkylation sites (N-methyl/N-ethyl adjacent to an activating group) is 1. The van der Waals surface area contributed by atoms with Gasteiger partial charge in [-0.1, -0.05) is 36.8 Å². The highest BCUT2D eigenvalue weighted by molar-refractivity contribution is 6.25. The molecule has 4 heterocycles. The first-order chi connectivity index (χ1) is 28.0. The zero-order chi connectivity index (χ0) is 40.9. The third-order valence-corrected chi connectivity index (χ3v) is 11.1. The Morgan fingerprint density at radius 3 is 2.43 bits per heavy atom. The number of unbranched alkanes of at least 4 members (excludes halogenated alkanes) is 2. The molecule has 5 N–H and O–H groups in total. The van der Waals surface area contributed by atoms with Crippen molar-refractivity contribution in [2.75, 3.05) is 43.4 Å². The number of hydrogen-bond donors (Lipinski definition) is 4. The second-order valence-electron chi connectivity index (χ2n) is 15.0. The summed E-state index contributed by atoms with van der Waals surface area (Å²) in [6.07, 6.45) is 5.56. The van der Waals surface area contributed by atoms with Crippen molar-refractivity contribution < 1.29 is 33.6 Å². The molecule has 4 aromatic rings. The molecule has 0 aliphatic carbocycles. The predicted octanol–water partition coefficient (Wildman–Crippen LogP) is 4.63. The number of carbonyl (C=O) groups is 7. The first-order valence-corrected chi connectivity index (χ1v) is 19.6. The van der Waals surface area contributed by atoms with Gasteiger partial charge in [-0.05, 0) is 80.0 Å². The Kier molecular flexibility index (Phi) is 11.8. The molecule has 0 saturated carbocycles. The van der Waals surface area contributed by atoms with E-state index in [0.29, 0.717) is 55.8 Å². The molecule has 1 atom stereocenters. The highest BCUT2D eigenvalue weighted by Crippen LogP contribution is 2.36. The number of imide groups is 2. The van der Waals surface area contributed by atoms with E-state index in [0.717, 1.165) is 46.3 Å². The van der Waals surface area contributed by atoms with Gasteiger partial charge in [0.05, 0.1) is 40.1 Å². The molecule has 15 heteroatoms. The Bertz CT molecular complexity index is 2290. The number of urea groups is 1. The van der Waals surface area contributed by atoms with Crippen LogP contribution in [0, 0.1) is 0 Å². The molecule has 0 bridgehead atoms. The van der Waals surface area contributed by atoms with Crippen LogP contribution in [0.3, 0.4) is 0 Å². The Morgan fingerprint density at radius 1 is 0.914 bits per heavy atom. The zero-order valence-electron chi connectivity index (χ0n) is 32.3. The fraction of sp³-hybridized carbons (Fsp3) is 0.349. The number of nitrogens with zero attached hydrogens (tertiary/aromatic N) is 4. The normalized spacial score (nSPS) is 16.9. The Morgan fingerprint density at radius 2 is 1.69 bits per heavy atom. The number of fused-ring (bicyclic) bond motifs is 2. The van der Waals surface area contributed by atoms with Crippen LogP contribution in [0.2, 0.25) is 0 Å². The fourth-order valence-corrected chi connectivity index (χ4v) is 8.04. The number of benzene rings is 3. The maximum Gasteiger partial charge on any atom is 0.317 e. The number of nitrogens with one attached hydrogen (secondary N) is 3. The standard InChI is InChI=1S/C43H46N8O7/c1-49(34-13-8-12-30-37(34)42(57)51(41(30)56)35-16-17-36(53)48-40(35)55)25-29(52)11-6-3-7-20-45-43(58)50-21-18-26(19-22-50)27-14-15-33-31(23-27)38(32(24-46-33)39(44)54)47-28-9-4-2-5-10-28/h2,4-5,8-10,12-15,23-24,26,35H,3,6-7,11,16-22,25H2,1H3,(H2,44,54)(H,45,58)(H,46,47)(H,48,53,55). The number of ketones is 1. The second-order valence-corrected chi connectivity index (χ2v) is 15.0. The number of hydrogen-bond acceptors (Lipinski definition) is 10. The van der Waals surface area contributed by atoms with Gasteiger partial charge in [0.2, 0.25) is 11.8 Å². The third kappa shape index (κ3) is 8.38. The van der Waals surface area contributed by atoms with Crippen molar-refractivity contribution in [3.05, 3.63) is 95.2 Å². The lowest BCUT2D eigenvalue weighted by molar-refractivity contribution is -0.136. The summed E-state index contributed by atoms with van der Waals surface area (Å²) in [6.45, 7) is 1.72. The predicted molar refractivity (Wildman–Crippen MR) is 217 cm³/mol. The van der Waals surface area contributed by atoms with Gasteiger partial charge >= 0.3 is 6.03 Å². The van der Waals surface area contributed by atoms with Crippen LogP contribution in [0.4, 0.5) is 21.9 Å². The van der Waals surface area contributed by atoms with Crippen molar-refractivity contribution in [2.24, 2.45) is 5.73 Å².